The summed E-state index contributed by atoms with van der Waals surface area (Å²) in [5, 5.41) is 18.0. The number of nitrogens with two attached hydrogens (primary N) is 2. The van der Waals surface area contributed by atoms with Gasteiger partial charge in [-0.1, -0.05) is 32.0 Å². The van der Waals surface area contributed by atoms with Gasteiger partial charge in [0.25, 0.3) is 0 Å². The number of amides is 3. The highest BCUT2D eigenvalue weighted by Crippen LogP contribution is 2.22. The molecule has 3 amide bonds. The highest BCUT2D eigenvalue weighted by molar-refractivity contribution is 6.11. The molecule has 14 heteroatoms. The van der Waals surface area contributed by atoms with E-state index in [1.807, 2.05) is 13.8 Å². The Kier molecular flexibility index (Phi) is 12.7. The van der Waals surface area contributed by atoms with Crippen LogP contribution in [0.2, 0.25) is 0 Å². The molecule has 236 valence electrons. The number of ketones is 1. The lowest BCUT2D eigenvalue weighted by Crippen LogP contribution is -2.52. The zero-order valence-corrected chi connectivity index (χ0v) is 25.3. The molecule has 1 aromatic carbocycles. The van der Waals surface area contributed by atoms with E-state index in [0.29, 0.717) is 18.2 Å². The summed E-state index contributed by atoms with van der Waals surface area (Å²) in [5.41, 5.74) is 9.85. The summed E-state index contributed by atoms with van der Waals surface area (Å²) >= 11 is 0. The Morgan fingerprint density at radius 3 is 2.33 bits per heavy atom. The summed E-state index contributed by atoms with van der Waals surface area (Å²) in [5.74, 6) is -2.03. The number of carbonyl (C=O) groups excluding carboxylic acids is 4. The van der Waals surface area contributed by atoms with Crippen molar-refractivity contribution < 1.29 is 28.3 Å². The van der Waals surface area contributed by atoms with Crippen molar-refractivity contribution in [3.8, 4) is 0 Å². The van der Waals surface area contributed by atoms with Crippen molar-refractivity contribution in [2.24, 2.45) is 17.4 Å². The number of ether oxygens (including phenoxy) is 1. The number of guanidine groups is 1. The van der Waals surface area contributed by atoms with Gasteiger partial charge < -0.3 is 41.9 Å². The van der Waals surface area contributed by atoms with Crippen molar-refractivity contribution >= 4 is 40.6 Å². The predicted molar refractivity (Wildman–Crippen MR) is 161 cm³/mol. The first-order valence-electron chi connectivity index (χ1n) is 14.1. The molecule has 14 nitrogen and oxygen atoms in total. The third kappa shape index (κ3) is 11.0. The summed E-state index contributed by atoms with van der Waals surface area (Å²) in [4.78, 5) is 64.7. The van der Waals surface area contributed by atoms with Gasteiger partial charge in [-0.25, -0.2) is 9.59 Å². The number of hydrogen-bond acceptors (Lipinski definition) is 9. The molecule has 0 aliphatic rings. The van der Waals surface area contributed by atoms with Crippen LogP contribution in [-0.4, -0.2) is 60.4 Å². The third-order valence-corrected chi connectivity index (χ3v) is 6.13. The zero-order chi connectivity index (χ0) is 32.3. The second-order valence-electron chi connectivity index (χ2n) is 11.5. The molecule has 0 saturated carbocycles. The number of nitrogens with one attached hydrogen (secondary N) is 5. The van der Waals surface area contributed by atoms with E-state index in [1.54, 1.807) is 45.0 Å². The average molecular weight is 602 g/mol. The maximum Gasteiger partial charge on any atom is 0.408 e. The molecule has 0 radical (unpaired) electrons. The summed E-state index contributed by atoms with van der Waals surface area (Å²) < 4.78 is 10.6. The fourth-order valence-electron chi connectivity index (χ4n) is 4.32. The van der Waals surface area contributed by atoms with E-state index in [4.69, 9.17) is 26.0 Å². The van der Waals surface area contributed by atoms with Crippen LogP contribution < -0.4 is 38.4 Å². The van der Waals surface area contributed by atoms with Gasteiger partial charge in [0.1, 0.15) is 17.2 Å². The highest BCUT2D eigenvalue weighted by Gasteiger charge is 2.29. The van der Waals surface area contributed by atoms with Gasteiger partial charge in [0.2, 0.25) is 11.8 Å². The molecule has 0 saturated heterocycles. The predicted octanol–water partition coefficient (Wildman–Crippen LogP) is 1.24. The third-order valence-electron chi connectivity index (χ3n) is 6.13. The number of hydrogen-bond donors (Lipinski definition) is 7. The smallest absolute Gasteiger partial charge is 0.408 e. The van der Waals surface area contributed by atoms with Gasteiger partial charge in [0.15, 0.2) is 11.7 Å². The van der Waals surface area contributed by atoms with E-state index < -0.39 is 53.5 Å². The quantitative estimate of drug-likeness (QED) is 0.0538. The second kappa shape index (κ2) is 15.7. The van der Waals surface area contributed by atoms with Crippen LogP contribution in [0.4, 0.5) is 4.79 Å². The van der Waals surface area contributed by atoms with Crippen molar-refractivity contribution in [3.63, 3.8) is 0 Å². The first-order valence-corrected chi connectivity index (χ1v) is 14.1. The van der Waals surface area contributed by atoms with Crippen molar-refractivity contribution in [2.45, 2.75) is 78.1 Å². The lowest BCUT2D eigenvalue weighted by molar-refractivity contribution is -0.127. The average Bonchev–Trinajstić information content (AvgIpc) is 2.90. The standard InChI is InChI=1S/C29H43N7O7/c1-16(2)13-20(36-28(41)43-29(3,4)5)25(39)34-15-22(37)35-19(10-8-12-33-27(31)32)24(38)23-17-9-6-7-11-21(17)42-26(40)18(23)14-30/h6-7,9,11,16,19-20H,8,10,12-15,30H2,1-5H3,(H,34,39)(H,35,37)(H,36,41)(H4,31,32,33). The molecule has 0 aliphatic carbocycles. The van der Waals surface area contributed by atoms with Crippen molar-refractivity contribution in [2.75, 3.05) is 13.1 Å². The van der Waals surface area contributed by atoms with Gasteiger partial charge >= 0.3 is 11.7 Å². The van der Waals surface area contributed by atoms with Crippen LogP contribution in [-0.2, 0) is 20.9 Å². The Morgan fingerprint density at radius 2 is 1.72 bits per heavy atom. The van der Waals surface area contributed by atoms with Crippen molar-refractivity contribution in [1.82, 2.24) is 21.3 Å². The summed E-state index contributed by atoms with van der Waals surface area (Å²) in [6.07, 6.45) is -0.0236. The van der Waals surface area contributed by atoms with Gasteiger partial charge in [-0.3, -0.25) is 19.8 Å². The molecule has 2 atom stereocenters. The molecular weight excluding hydrogens is 558 g/mol. The molecule has 1 aromatic heterocycles. The largest absolute Gasteiger partial charge is 0.444 e. The van der Waals surface area contributed by atoms with E-state index in [1.165, 1.54) is 0 Å². The molecule has 2 rings (SSSR count). The number of Topliss-reactive ketones (excluding diaryl/α,β-unsaturated/α-hetero) is 1. The Balaban J connectivity index is 2.25. The number of carbonyl (C=O) groups is 4. The lowest BCUT2D eigenvalue weighted by atomic mass is 9.94. The summed E-state index contributed by atoms with van der Waals surface area (Å²) in [6, 6.07) is 4.43. The van der Waals surface area contributed by atoms with E-state index in [2.05, 4.69) is 21.3 Å². The van der Waals surface area contributed by atoms with Crippen LogP contribution in [0, 0.1) is 11.3 Å². The van der Waals surface area contributed by atoms with Gasteiger partial charge in [-0.2, -0.15) is 0 Å². The van der Waals surface area contributed by atoms with Crippen LogP contribution in [0.3, 0.4) is 0 Å². The molecule has 0 spiro atoms. The number of fused-ring (bicyclic) bond motifs is 1. The van der Waals surface area contributed by atoms with Gasteiger partial charge in [-0.05, 0) is 52.0 Å². The number of alkyl carbamates (subject to hydrolysis) is 1. The molecule has 43 heavy (non-hydrogen) atoms. The molecule has 1 heterocycles. The minimum Gasteiger partial charge on any atom is -0.444 e. The number of benzene rings is 1. The van der Waals surface area contributed by atoms with Crippen LogP contribution in [0.25, 0.3) is 11.0 Å². The second-order valence-corrected chi connectivity index (χ2v) is 11.5. The Labute approximate surface area is 250 Å². The Morgan fingerprint density at radius 1 is 1.05 bits per heavy atom. The van der Waals surface area contributed by atoms with E-state index in [0.717, 1.165) is 0 Å². The number of rotatable bonds is 14. The first kappa shape index (κ1) is 34.7. The van der Waals surface area contributed by atoms with Crippen LogP contribution in [0.15, 0.2) is 33.5 Å². The fraction of sp³-hybridized carbons (Fsp3) is 0.517. The topological polar surface area (TPSA) is 232 Å². The minimum absolute atomic E-state index is 0.0251. The maximum atomic E-state index is 13.9. The summed E-state index contributed by atoms with van der Waals surface area (Å²) in [6.45, 7) is 8.35. The highest BCUT2D eigenvalue weighted by atomic mass is 16.6. The molecule has 2 unspecified atom stereocenters. The molecule has 0 bridgehead atoms. The van der Waals surface area contributed by atoms with E-state index in [9.17, 15) is 24.0 Å². The Hall–Kier alpha value is -4.46. The van der Waals surface area contributed by atoms with Crippen LogP contribution in [0.5, 0.6) is 0 Å². The molecular formula is C29H43N7O7. The van der Waals surface area contributed by atoms with E-state index in [-0.39, 0.29) is 48.1 Å². The summed E-state index contributed by atoms with van der Waals surface area (Å²) in [7, 11) is 0. The van der Waals surface area contributed by atoms with Crippen LogP contribution >= 0.6 is 0 Å². The zero-order valence-electron chi connectivity index (χ0n) is 25.3. The molecule has 9 N–H and O–H groups in total. The normalized spacial score (nSPS) is 12.7. The first-order chi connectivity index (χ1) is 20.1. The fourth-order valence-corrected chi connectivity index (χ4v) is 4.32. The molecule has 0 aliphatic heterocycles. The van der Waals surface area contributed by atoms with Crippen molar-refractivity contribution in [3.05, 3.63) is 45.8 Å². The van der Waals surface area contributed by atoms with Crippen LogP contribution in [0.1, 0.15) is 69.8 Å². The lowest BCUT2D eigenvalue weighted by Gasteiger charge is -2.24. The van der Waals surface area contributed by atoms with Crippen molar-refractivity contribution in [1.29, 1.82) is 5.41 Å². The molecule has 2 aromatic rings. The van der Waals surface area contributed by atoms with Gasteiger partial charge in [0.05, 0.1) is 18.2 Å². The Bertz CT molecular complexity index is 1380. The maximum absolute atomic E-state index is 13.9. The minimum atomic E-state index is -1.11. The SMILES string of the molecule is CC(C)CC(NC(=O)OC(C)(C)C)C(=O)NCC(=O)NC(CCCNC(=N)N)C(=O)c1c(CN)c(=O)oc2ccccc12. The van der Waals surface area contributed by atoms with Gasteiger partial charge in [0, 0.05) is 24.0 Å². The monoisotopic (exact) mass is 601 g/mol. The number of para-hydroxylation sites is 1. The van der Waals surface area contributed by atoms with E-state index >= 15 is 0 Å². The van der Waals surface area contributed by atoms with Gasteiger partial charge in [-0.15, -0.1) is 0 Å². The molecule has 0 fully saturated rings.